The summed E-state index contributed by atoms with van der Waals surface area (Å²) in [5.74, 6) is -1.43. The van der Waals surface area contributed by atoms with E-state index in [1.807, 2.05) is 6.92 Å². The Kier molecular flexibility index (Phi) is 5.17. The van der Waals surface area contributed by atoms with Crippen molar-refractivity contribution in [1.82, 2.24) is 9.55 Å². The summed E-state index contributed by atoms with van der Waals surface area (Å²) in [4.78, 5) is 29.0. The largest absolute Gasteiger partial charge is 0.324 e. The fraction of sp³-hybridized carbons (Fsp3) is 0.353. The van der Waals surface area contributed by atoms with Crippen molar-refractivity contribution in [2.45, 2.75) is 37.4 Å². The molecular formula is C17H17F2N3O2S. The number of carbonyl (C=O) groups excluding carboxylic acids is 1. The molecule has 1 unspecified atom stereocenters. The molecule has 2 heterocycles. The number of nitrogens with one attached hydrogen (secondary N) is 1. The normalized spacial score (nSPS) is 15.9. The zero-order valence-corrected chi connectivity index (χ0v) is 14.4. The van der Waals surface area contributed by atoms with Gasteiger partial charge in [-0.2, -0.15) is 0 Å². The van der Waals surface area contributed by atoms with E-state index >= 15 is 0 Å². The number of hydrogen-bond acceptors (Lipinski definition) is 4. The highest BCUT2D eigenvalue weighted by atomic mass is 32.2. The molecule has 1 aliphatic rings. The molecule has 1 aromatic carbocycles. The minimum atomic E-state index is -0.836. The summed E-state index contributed by atoms with van der Waals surface area (Å²) in [6.45, 7) is 2.02. The van der Waals surface area contributed by atoms with Crippen LogP contribution in [0.5, 0.6) is 0 Å². The molecule has 3 rings (SSSR count). The number of rotatable bonds is 5. The Morgan fingerprint density at radius 3 is 2.92 bits per heavy atom. The second-order valence-corrected chi connectivity index (χ2v) is 6.82. The van der Waals surface area contributed by atoms with Crippen molar-refractivity contribution < 1.29 is 13.6 Å². The van der Waals surface area contributed by atoms with Gasteiger partial charge in [0.2, 0.25) is 5.91 Å². The molecule has 2 aromatic rings. The van der Waals surface area contributed by atoms with E-state index in [9.17, 15) is 18.4 Å². The number of nitrogens with zero attached hydrogens (tertiary/aromatic N) is 2. The van der Waals surface area contributed by atoms with Gasteiger partial charge >= 0.3 is 0 Å². The van der Waals surface area contributed by atoms with Gasteiger partial charge in [0.15, 0.2) is 5.16 Å². The zero-order valence-electron chi connectivity index (χ0n) is 13.6. The first-order valence-electron chi connectivity index (χ1n) is 7.98. The van der Waals surface area contributed by atoms with Crippen molar-refractivity contribution in [3.63, 3.8) is 0 Å². The maximum atomic E-state index is 13.6. The fourth-order valence-corrected chi connectivity index (χ4v) is 3.91. The molecule has 0 spiro atoms. The quantitative estimate of drug-likeness (QED) is 0.827. The maximum Gasteiger partial charge on any atom is 0.254 e. The number of halogens is 2. The van der Waals surface area contributed by atoms with Crippen LogP contribution in [0.25, 0.3) is 0 Å². The number of thioether (sulfide) groups is 1. The lowest BCUT2D eigenvalue weighted by Gasteiger charge is -2.14. The summed E-state index contributed by atoms with van der Waals surface area (Å²) in [6, 6.07) is 4.12. The molecule has 0 fully saturated rings. The monoisotopic (exact) mass is 365 g/mol. The number of carbonyl (C=O) groups is 1. The smallest absolute Gasteiger partial charge is 0.254 e. The van der Waals surface area contributed by atoms with Crippen LogP contribution < -0.4 is 10.9 Å². The maximum absolute atomic E-state index is 13.6. The van der Waals surface area contributed by atoms with Gasteiger partial charge in [0.05, 0.1) is 11.7 Å². The van der Waals surface area contributed by atoms with Gasteiger partial charge in [0.25, 0.3) is 5.56 Å². The topological polar surface area (TPSA) is 64.0 Å². The summed E-state index contributed by atoms with van der Waals surface area (Å²) in [7, 11) is 0. The van der Waals surface area contributed by atoms with Crippen LogP contribution in [0.15, 0.2) is 34.2 Å². The summed E-state index contributed by atoms with van der Waals surface area (Å²) < 4.78 is 28.0. The first-order valence-corrected chi connectivity index (χ1v) is 8.96. The van der Waals surface area contributed by atoms with Gasteiger partial charge in [-0.15, -0.1) is 0 Å². The van der Waals surface area contributed by atoms with Gasteiger partial charge in [-0.05, 0) is 18.6 Å². The number of fused-ring (bicyclic) bond motifs is 1. The fourth-order valence-electron chi connectivity index (χ4n) is 2.74. The van der Waals surface area contributed by atoms with Crippen LogP contribution >= 0.6 is 11.8 Å². The molecule has 5 nitrogen and oxygen atoms in total. The zero-order chi connectivity index (χ0) is 18.0. The van der Waals surface area contributed by atoms with Gasteiger partial charge in [-0.1, -0.05) is 25.1 Å². The predicted molar refractivity (Wildman–Crippen MR) is 91.9 cm³/mol. The van der Waals surface area contributed by atoms with Crippen LogP contribution in [-0.4, -0.2) is 21.2 Å². The van der Waals surface area contributed by atoms with E-state index in [2.05, 4.69) is 10.3 Å². The third-order valence-corrected chi connectivity index (χ3v) is 4.97. The van der Waals surface area contributed by atoms with Gasteiger partial charge in [0, 0.05) is 30.0 Å². The molecule has 8 heteroatoms. The van der Waals surface area contributed by atoms with Crippen molar-refractivity contribution in [1.29, 1.82) is 0 Å². The average molecular weight is 365 g/mol. The molecule has 0 saturated carbocycles. The Morgan fingerprint density at radius 1 is 1.40 bits per heavy atom. The van der Waals surface area contributed by atoms with E-state index in [1.165, 1.54) is 28.5 Å². The van der Waals surface area contributed by atoms with Gasteiger partial charge in [-0.3, -0.25) is 14.2 Å². The van der Waals surface area contributed by atoms with E-state index in [-0.39, 0.29) is 23.7 Å². The van der Waals surface area contributed by atoms with E-state index in [4.69, 9.17) is 0 Å². The molecule has 0 saturated heterocycles. The van der Waals surface area contributed by atoms with Gasteiger partial charge < -0.3 is 5.32 Å². The van der Waals surface area contributed by atoms with Crippen LogP contribution in [0.3, 0.4) is 0 Å². The molecule has 1 aliphatic heterocycles. The van der Waals surface area contributed by atoms with Gasteiger partial charge in [-0.25, -0.2) is 13.8 Å². The first-order chi connectivity index (χ1) is 12.0. The Morgan fingerprint density at radius 2 is 2.20 bits per heavy atom. The van der Waals surface area contributed by atoms with Crippen molar-refractivity contribution in [3.8, 4) is 0 Å². The van der Waals surface area contributed by atoms with Crippen molar-refractivity contribution in [3.05, 3.63) is 51.9 Å². The van der Waals surface area contributed by atoms with Crippen molar-refractivity contribution in [2.24, 2.45) is 0 Å². The summed E-state index contributed by atoms with van der Waals surface area (Å²) in [5.41, 5.74) is 0.495. The first kappa shape index (κ1) is 17.6. The minimum Gasteiger partial charge on any atom is -0.324 e. The number of aromatic nitrogens is 2. The summed E-state index contributed by atoms with van der Waals surface area (Å²) in [6.07, 6.45) is 1.65. The summed E-state index contributed by atoms with van der Waals surface area (Å²) >= 11 is 1.43. The molecule has 132 valence electrons. The summed E-state index contributed by atoms with van der Waals surface area (Å²) in [5, 5.41) is 3.03. The Labute approximate surface area is 147 Å². The Hall–Kier alpha value is -2.22. The lowest BCUT2D eigenvalue weighted by molar-refractivity contribution is -0.116. The van der Waals surface area contributed by atoms with Crippen LogP contribution in [-0.2, 0) is 11.2 Å². The Balaban J connectivity index is 1.73. The highest BCUT2D eigenvalue weighted by molar-refractivity contribution is 7.99. The van der Waals surface area contributed by atoms with E-state index in [0.29, 0.717) is 17.0 Å². The van der Waals surface area contributed by atoms with E-state index < -0.39 is 17.5 Å². The van der Waals surface area contributed by atoms with Crippen molar-refractivity contribution >= 4 is 23.4 Å². The number of aryl methyl sites for hydroxylation is 1. The second kappa shape index (κ2) is 7.35. The highest BCUT2D eigenvalue weighted by Crippen LogP contribution is 2.32. The van der Waals surface area contributed by atoms with Crippen LogP contribution in [0.4, 0.5) is 14.5 Å². The number of benzene rings is 1. The molecule has 0 bridgehead atoms. The molecule has 1 amide bonds. The molecule has 25 heavy (non-hydrogen) atoms. The number of anilines is 1. The molecular weight excluding hydrogens is 348 g/mol. The molecule has 1 aromatic heterocycles. The number of amides is 1. The van der Waals surface area contributed by atoms with Crippen LogP contribution in [0, 0.1) is 11.6 Å². The third kappa shape index (κ3) is 3.89. The van der Waals surface area contributed by atoms with Crippen LogP contribution in [0.1, 0.15) is 31.5 Å². The molecule has 0 radical (unpaired) electrons. The third-order valence-electron chi connectivity index (χ3n) is 3.88. The Bertz CT molecular complexity index is 869. The van der Waals surface area contributed by atoms with E-state index in [0.717, 1.165) is 24.6 Å². The van der Waals surface area contributed by atoms with Crippen LogP contribution in [0.2, 0.25) is 0 Å². The highest BCUT2D eigenvalue weighted by Gasteiger charge is 2.27. The SMILES string of the molecule is CCCc1cc(=O)n2c(n1)SCC2CC(=O)Nc1ccc(F)cc1F. The lowest BCUT2D eigenvalue weighted by atomic mass is 10.2. The molecule has 0 aliphatic carbocycles. The van der Waals surface area contributed by atoms with Crippen molar-refractivity contribution in [2.75, 3.05) is 11.1 Å². The van der Waals surface area contributed by atoms with E-state index in [1.54, 1.807) is 0 Å². The predicted octanol–water partition coefficient (Wildman–Crippen LogP) is 3.15. The van der Waals surface area contributed by atoms with Gasteiger partial charge in [0.1, 0.15) is 11.6 Å². The number of hydrogen-bond donors (Lipinski definition) is 1. The second-order valence-electron chi connectivity index (χ2n) is 5.83. The molecule has 1 atom stereocenters. The molecule has 1 N–H and O–H groups in total. The standard InChI is InChI=1S/C17H17F2N3O2S/c1-2-3-11-7-16(24)22-12(9-25-17(22)20-11)8-15(23)21-14-5-4-10(18)6-13(14)19/h4-7,12H,2-3,8-9H2,1H3,(H,21,23). The lowest BCUT2D eigenvalue weighted by Crippen LogP contribution is -2.28. The average Bonchev–Trinajstić information content (AvgIpc) is 2.94. The minimum absolute atomic E-state index is 0.0194.